The maximum absolute atomic E-state index is 9.20. The van der Waals surface area contributed by atoms with Crippen molar-refractivity contribution in [3.63, 3.8) is 0 Å². The Kier molecular flexibility index (Phi) is 4.55. The van der Waals surface area contributed by atoms with Crippen molar-refractivity contribution < 1.29 is 15.4 Å². The van der Waals surface area contributed by atoms with Gasteiger partial charge in [-0.1, -0.05) is 6.92 Å². The molecule has 4 nitrogen and oxygen atoms in total. The van der Waals surface area contributed by atoms with Gasteiger partial charge in [-0.05, 0) is 6.92 Å². The number of hydrogen-bond acceptors (Lipinski definition) is 4. The van der Waals surface area contributed by atoms with Gasteiger partial charge in [0.25, 0.3) is 0 Å². The van der Waals surface area contributed by atoms with Gasteiger partial charge in [0.2, 0.25) is 0 Å². The molecule has 4 N–H and O–H groups in total. The summed E-state index contributed by atoms with van der Waals surface area (Å²) in [5.41, 5.74) is 1.92. The van der Waals surface area contributed by atoms with Crippen LogP contribution in [0.25, 0.3) is 0 Å². The van der Waals surface area contributed by atoms with Crippen LogP contribution in [0.5, 0.6) is 0 Å². The number of hydroxylamine groups is 1. The second-order valence-electron chi connectivity index (χ2n) is 2.57. The van der Waals surface area contributed by atoms with Gasteiger partial charge in [0.1, 0.15) is 0 Å². The summed E-state index contributed by atoms with van der Waals surface area (Å²) >= 11 is 0. The van der Waals surface area contributed by atoms with Gasteiger partial charge in [0, 0.05) is 12.5 Å². The Hall–Kier alpha value is -0.160. The Morgan fingerprint density at radius 3 is 2.20 bits per heavy atom. The summed E-state index contributed by atoms with van der Waals surface area (Å²) in [5.74, 6) is -0.213. The molecule has 62 valence electrons. The lowest BCUT2D eigenvalue weighted by Crippen LogP contribution is -2.40. The van der Waals surface area contributed by atoms with Crippen LogP contribution in [0.1, 0.15) is 13.8 Å². The highest BCUT2D eigenvalue weighted by Crippen LogP contribution is 2.05. The molecule has 0 bridgehead atoms. The Balaban J connectivity index is 3.69. The molecule has 0 aliphatic heterocycles. The van der Waals surface area contributed by atoms with Gasteiger partial charge in [0.05, 0.1) is 12.1 Å². The van der Waals surface area contributed by atoms with Gasteiger partial charge >= 0.3 is 0 Å². The molecule has 3 atom stereocenters. The fraction of sp³-hybridized carbons (Fsp3) is 1.00. The highest BCUT2D eigenvalue weighted by atomic mass is 16.5. The summed E-state index contributed by atoms with van der Waals surface area (Å²) < 4.78 is 0. The van der Waals surface area contributed by atoms with Gasteiger partial charge in [0.15, 0.2) is 0 Å². The molecule has 4 heteroatoms. The van der Waals surface area contributed by atoms with Crippen LogP contribution in [0.4, 0.5) is 0 Å². The van der Waals surface area contributed by atoms with Crippen molar-refractivity contribution >= 4 is 0 Å². The summed E-state index contributed by atoms with van der Waals surface area (Å²) in [6.45, 7) is 3.27. The average Bonchev–Trinajstić information content (AvgIpc) is 2.00. The van der Waals surface area contributed by atoms with Crippen LogP contribution in [0.3, 0.4) is 0 Å². The third-order valence-electron chi connectivity index (χ3n) is 1.59. The normalized spacial score (nSPS) is 20.1. The van der Waals surface area contributed by atoms with Crippen LogP contribution >= 0.6 is 0 Å². The van der Waals surface area contributed by atoms with E-state index in [0.29, 0.717) is 0 Å². The van der Waals surface area contributed by atoms with Crippen molar-refractivity contribution in [1.29, 1.82) is 0 Å². The highest BCUT2D eigenvalue weighted by molar-refractivity contribution is 4.72. The zero-order valence-electron chi connectivity index (χ0n) is 6.28. The number of aliphatic hydroxyl groups is 2. The maximum Gasteiger partial charge on any atom is 0.0760 e. The van der Waals surface area contributed by atoms with Crippen LogP contribution in [0.2, 0.25) is 0 Å². The Bertz CT molecular complexity index is 79.1. The topological polar surface area (TPSA) is 72.7 Å². The lowest BCUT2D eigenvalue weighted by Gasteiger charge is -2.21. The van der Waals surface area contributed by atoms with E-state index >= 15 is 0 Å². The molecule has 0 spiro atoms. The van der Waals surface area contributed by atoms with Crippen molar-refractivity contribution in [3.8, 4) is 0 Å². The molecule has 0 radical (unpaired) electrons. The quantitative estimate of drug-likeness (QED) is 0.400. The zero-order valence-corrected chi connectivity index (χ0v) is 6.28. The first-order valence-electron chi connectivity index (χ1n) is 3.32. The molecule has 0 amide bonds. The Morgan fingerprint density at radius 2 is 1.90 bits per heavy atom. The van der Waals surface area contributed by atoms with Gasteiger partial charge in [-0.2, -0.15) is 0 Å². The van der Waals surface area contributed by atoms with Gasteiger partial charge < -0.3 is 15.4 Å². The lowest BCUT2D eigenvalue weighted by atomic mass is 10.0. The minimum atomic E-state index is -0.713. The molecule has 0 saturated heterocycles. The minimum Gasteiger partial charge on any atom is -0.396 e. The first kappa shape index (κ1) is 9.84. The number of rotatable bonds is 4. The number of aliphatic hydroxyl groups excluding tert-OH is 2. The molecule has 0 heterocycles. The Morgan fingerprint density at radius 1 is 1.40 bits per heavy atom. The molecule has 0 aliphatic rings. The first-order chi connectivity index (χ1) is 4.63. The molecule has 0 aromatic rings. The van der Waals surface area contributed by atoms with E-state index in [4.69, 9.17) is 10.3 Å². The fourth-order valence-electron chi connectivity index (χ4n) is 0.677. The first-order valence-corrected chi connectivity index (χ1v) is 3.32. The third-order valence-corrected chi connectivity index (χ3v) is 1.59. The third kappa shape index (κ3) is 2.62. The summed E-state index contributed by atoms with van der Waals surface area (Å²) in [5, 5.41) is 26.1. The monoisotopic (exact) mass is 149 g/mol. The standard InChI is InChI=1S/C6H15NO3/c1-4(3-8)6(9)5(2)7-10/h4-10H,3H2,1-2H3. The molecule has 0 aromatic carbocycles. The van der Waals surface area contributed by atoms with Crippen LogP contribution in [-0.2, 0) is 0 Å². The van der Waals surface area contributed by atoms with E-state index in [2.05, 4.69) is 0 Å². The number of hydrogen-bond donors (Lipinski definition) is 4. The fourth-order valence-corrected chi connectivity index (χ4v) is 0.677. The molecule has 0 aromatic heterocycles. The largest absolute Gasteiger partial charge is 0.396 e. The van der Waals surface area contributed by atoms with Crippen molar-refractivity contribution in [2.24, 2.45) is 5.92 Å². The van der Waals surface area contributed by atoms with Gasteiger partial charge in [-0.15, -0.1) is 0 Å². The van der Waals surface area contributed by atoms with Gasteiger partial charge in [-0.3, -0.25) is 0 Å². The average molecular weight is 149 g/mol. The predicted octanol–water partition coefficient (Wildman–Crippen LogP) is -0.657. The van der Waals surface area contributed by atoms with E-state index < -0.39 is 12.1 Å². The SMILES string of the molecule is CC(CO)C(O)C(C)NO. The van der Waals surface area contributed by atoms with Crippen molar-refractivity contribution in [3.05, 3.63) is 0 Å². The lowest BCUT2D eigenvalue weighted by molar-refractivity contribution is 0.00416. The summed E-state index contributed by atoms with van der Waals surface area (Å²) in [6, 6.07) is -0.401. The predicted molar refractivity (Wildman–Crippen MR) is 36.6 cm³/mol. The minimum absolute atomic E-state index is 0.0762. The van der Waals surface area contributed by atoms with Crippen LogP contribution in [0, 0.1) is 5.92 Å². The second-order valence-corrected chi connectivity index (χ2v) is 2.57. The second kappa shape index (κ2) is 4.62. The van der Waals surface area contributed by atoms with Crippen LogP contribution < -0.4 is 5.48 Å². The van der Waals surface area contributed by atoms with E-state index in [1.54, 1.807) is 13.8 Å². The van der Waals surface area contributed by atoms with Crippen LogP contribution in [0.15, 0.2) is 0 Å². The summed E-state index contributed by atoms with van der Waals surface area (Å²) in [7, 11) is 0. The number of nitrogens with one attached hydrogen (secondary N) is 1. The van der Waals surface area contributed by atoms with E-state index in [1.165, 1.54) is 0 Å². The van der Waals surface area contributed by atoms with E-state index in [-0.39, 0.29) is 12.5 Å². The summed E-state index contributed by atoms with van der Waals surface area (Å²) in [4.78, 5) is 0. The van der Waals surface area contributed by atoms with E-state index in [9.17, 15) is 5.11 Å². The van der Waals surface area contributed by atoms with Crippen LogP contribution in [-0.4, -0.2) is 34.2 Å². The van der Waals surface area contributed by atoms with E-state index in [0.717, 1.165) is 0 Å². The molecule has 3 unspecified atom stereocenters. The molecule has 0 fully saturated rings. The van der Waals surface area contributed by atoms with Crippen molar-refractivity contribution in [1.82, 2.24) is 5.48 Å². The molecule has 0 aliphatic carbocycles. The van der Waals surface area contributed by atoms with Crippen molar-refractivity contribution in [2.75, 3.05) is 6.61 Å². The summed E-state index contributed by atoms with van der Waals surface area (Å²) in [6.07, 6.45) is -0.713. The zero-order chi connectivity index (χ0) is 8.15. The van der Waals surface area contributed by atoms with Gasteiger partial charge in [-0.25, -0.2) is 5.48 Å². The molecule has 10 heavy (non-hydrogen) atoms. The molecular formula is C6H15NO3. The molecular weight excluding hydrogens is 134 g/mol. The molecule has 0 saturated carbocycles. The highest BCUT2D eigenvalue weighted by Gasteiger charge is 2.19. The smallest absolute Gasteiger partial charge is 0.0760 e. The van der Waals surface area contributed by atoms with Crippen molar-refractivity contribution in [2.45, 2.75) is 26.0 Å². The maximum atomic E-state index is 9.20. The Labute approximate surface area is 60.5 Å². The van der Waals surface area contributed by atoms with E-state index in [1.807, 2.05) is 5.48 Å². The molecule has 0 rings (SSSR count).